The third-order valence-electron chi connectivity index (χ3n) is 3.44. The van der Waals surface area contributed by atoms with Crippen molar-refractivity contribution in [1.82, 2.24) is 0 Å². The first-order valence-corrected chi connectivity index (χ1v) is 9.27. The highest BCUT2D eigenvalue weighted by Gasteiger charge is 2.18. The molecule has 0 saturated carbocycles. The predicted octanol–water partition coefficient (Wildman–Crippen LogP) is 3.54. The maximum absolute atomic E-state index is 5.94. The molecule has 1 atom stereocenters. The van der Waals surface area contributed by atoms with Crippen molar-refractivity contribution in [1.29, 1.82) is 0 Å². The van der Waals surface area contributed by atoms with Crippen molar-refractivity contribution in [2.75, 3.05) is 6.61 Å². The Morgan fingerprint density at radius 1 is 1.29 bits per heavy atom. The van der Waals surface area contributed by atoms with E-state index in [1.807, 2.05) is 0 Å². The van der Waals surface area contributed by atoms with Crippen molar-refractivity contribution < 1.29 is 4.43 Å². The summed E-state index contributed by atoms with van der Waals surface area (Å²) in [5.74, 6) is 0. The van der Waals surface area contributed by atoms with Crippen LogP contribution in [0.1, 0.15) is 37.3 Å². The smallest absolute Gasteiger partial charge is 0.181 e. The second-order valence-corrected chi connectivity index (χ2v) is 7.88. The van der Waals surface area contributed by atoms with Gasteiger partial charge in [0.2, 0.25) is 0 Å². The molecule has 0 radical (unpaired) electrons. The number of hydrogen-bond donors (Lipinski definition) is 1. The predicted molar refractivity (Wildman–Crippen MR) is 78.5 cm³/mol. The molecule has 1 unspecified atom stereocenters. The van der Waals surface area contributed by atoms with E-state index in [0.717, 1.165) is 19.1 Å². The normalized spacial score (nSPS) is 20.5. The summed E-state index contributed by atoms with van der Waals surface area (Å²) in [7, 11) is -0.970. The van der Waals surface area contributed by atoms with E-state index in [1.165, 1.54) is 41.3 Å². The minimum atomic E-state index is -0.970. The van der Waals surface area contributed by atoms with E-state index in [2.05, 4.69) is 25.1 Å². The molecule has 0 bridgehead atoms. The summed E-state index contributed by atoms with van der Waals surface area (Å²) < 4.78 is 5.94. The molecule has 3 heteroatoms. The van der Waals surface area contributed by atoms with Crippen LogP contribution in [0.15, 0.2) is 23.1 Å². The highest BCUT2D eigenvalue weighted by molar-refractivity contribution is 7.80. The summed E-state index contributed by atoms with van der Waals surface area (Å²) in [6.07, 6.45) is 4.95. The summed E-state index contributed by atoms with van der Waals surface area (Å²) in [6, 6.07) is 9.12. The zero-order valence-electron chi connectivity index (χ0n) is 10.6. The molecule has 0 aromatic heterocycles. The van der Waals surface area contributed by atoms with Crippen molar-refractivity contribution in [3.63, 3.8) is 0 Å². The summed E-state index contributed by atoms with van der Waals surface area (Å²) in [5.41, 5.74) is 2.82. The van der Waals surface area contributed by atoms with Gasteiger partial charge in [-0.15, -0.1) is 12.6 Å². The van der Waals surface area contributed by atoms with Gasteiger partial charge in [-0.3, -0.25) is 0 Å². The van der Waals surface area contributed by atoms with E-state index in [-0.39, 0.29) is 0 Å². The van der Waals surface area contributed by atoms with Gasteiger partial charge in [0, 0.05) is 11.5 Å². The highest BCUT2D eigenvalue weighted by Crippen LogP contribution is 2.24. The molecule has 94 valence electrons. The van der Waals surface area contributed by atoms with E-state index in [4.69, 9.17) is 17.1 Å². The molecule has 1 aromatic rings. The minimum Gasteiger partial charge on any atom is -0.420 e. The zero-order valence-corrected chi connectivity index (χ0v) is 12.7. The molecule has 0 spiro atoms. The first-order chi connectivity index (χ1) is 8.31. The van der Waals surface area contributed by atoms with Gasteiger partial charge in [-0.2, -0.15) is 0 Å². The first kappa shape index (κ1) is 13.2. The Bertz CT molecular complexity index is 361. The zero-order chi connectivity index (χ0) is 12.1. The molecule has 0 aliphatic carbocycles. The molecule has 17 heavy (non-hydrogen) atoms. The Balaban J connectivity index is 2.06. The van der Waals surface area contributed by atoms with Crippen LogP contribution in [0.5, 0.6) is 0 Å². The second kappa shape index (κ2) is 6.62. The van der Waals surface area contributed by atoms with E-state index in [1.54, 1.807) is 0 Å². The highest BCUT2D eigenvalue weighted by atomic mass is 32.1. The minimum absolute atomic E-state index is 0.970. The van der Waals surface area contributed by atoms with Gasteiger partial charge in [-0.1, -0.05) is 38.0 Å². The number of benzene rings is 1. The lowest BCUT2D eigenvalue weighted by Crippen LogP contribution is -2.26. The topological polar surface area (TPSA) is 9.23 Å². The average Bonchev–Trinajstić information content (AvgIpc) is 2.36. The lowest BCUT2D eigenvalue weighted by atomic mass is 10.1. The maximum atomic E-state index is 5.94. The molecule has 2 rings (SSSR count). The van der Waals surface area contributed by atoms with Crippen LogP contribution < -0.4 is 0 Å². The van der Waals surface area contributed by atoms with Gasteiger partial charge in [0.1, 0.15) is 0 Å². The molecule has 1 saturated heterocycles. The lowest BCUT2D eigenvalue weighted by molar-refractivity contribution is 0.286. The average molecular weight is 266 g/mol. The molecule has 1 aliphatic rings. The van der Waals surface area contributed by atoms with Crippen molar-refractivity contribution in [3.05, 3.63) is 29.3 Å². The van der Waals surface area contributed by atoms with Crippen LogP contribution in [0.25, 0.3) is 0 Å². The Morgan fingerprint density at radius 2 is 2.12 bits per heavy atom. The van der Waals surface area contributed by atoms with Gasteiger partial charge in [-0.25, -0.2) is 0 Å². The summed E-state index contributed by atoms with van der Waals surface area (Å²) >= 11 is 4.71. The van der Waals surface area contributed by atoms with Crippen molar-refractivity contribution in [3.8, 4) is 0 Å². The van der Waals surface area contributed by atoms with E-state index in [9.17, 15) is 0 Å². The van der Waals surface area contributed by atoms with Gasteiger partial charge < -0.3 is 4.43 Å². The number of hydrogen-bond acceptors (Lipinski definition) is 2. The van der Waals surface area contributed by atoms with Crippen molar-refractivity contribution in [2.45, 2.75) is 49.6 Å². The van der Waals surface area contributed by atoms with Crippen LogP contribution in [0.3, 0.4) is 0 Å². The first-order valence-electron chi connectivity index (χ1n) is 6.72. The molecule has 0 amide bonds. The van der Waals surface area contributed by atoms with Crippen LogP contribution in [0.2, 0.25) is 6.04 Å². The Hall–Kier alpha value is -0.253. The fourth-order valence-corrected chi connectivity index (χ4v) is 5.58. The van der Waals surface area contributed by atoms with Gasteiger partial charge in [0.25, 0.3) is 0 Å². The Labute approximate surface area is 112 Å². The molecule has 1 nitrogen and oxygen atoms in total. The van der Waals surface area contributed by atoms with E-state index >= 15 is 0 Å². The molecule has 0 N–H and O–H groups in total. The lowest BCUT2D eigenvalue weighted by Gasteiger charge is -2.22. The quantitative estimate of drug-likeness (QED) is 0.648. The van der Waals surface area contributed by atoms with Crippen LogP contribution in [0.4, 0.5) is 0 Å². The SMILES string of the molecule is CCCc1cccc(C[SiH]2CCCCO2)c1S. The third-order valence-corrected chi connectivity index (χ3v) is 6.67. The van der Waals surface area contributed by atoms with E-state index < -0.39 is 9.04 Å². The number of thiol groups is 1. The summed E-state index contributed by atoms with van der Waals surface area (Å²) in [6.45, 7) is 3.21. The largest absolute Gasteiger partial charge is 0.420 e. The number of aryl methyl sites for hydroxylation is 1. The van der Waals surface area contributed by atoms with Gasteiger partial charge in [0.05, 0.1) is 0 Å². The molecular formula is C14H22OSSi. The van der Waals surface area contributed by atoms with Crippen LogP contribution >= 0.6 is 12.6 Å². The Morgan fingerprint density at radius 3 is 2.82 bits per heavy atom. The van der Waals surface area contributed by atoms with Crippen molar-refractivity contribution >= 4 is 21.7 Å². The maximum Gasteiger partial charge on any atom is 0.181 e. The monoisotopic (exact) mass is 266 g/mol. The van der Waals surface area contributed by atoms with Crippen LogP contribution in [0, 0.1) is 0 Å². The molecule has 1 aliphatic heterocycles. The van der Waals surface area contributed by atoms with Crippen molar-refractivity contribution in [2.24, 2.45) is 0 Å². The number of rotatable bonds is 4. The standard InChI is InChI=1S/C14H22OSSi/c1-2-6-12-7-5-8-13(14(12)16)11-17-10-4-3-9-15-17/h5,7-8,16-17H,2-4,6,9-11H2,1H3. The van der Waals surface area contributed by atoms with E-state index in [0.29, 0.717) is 0 Å². The Kier molecular flexibility index (Phi) is 5.13. The van der Waals surface area contributed by atoms with Crippen LogP contribution in [-0.4, -0.2) is 15.6 Å². The summed E-state index contributed by atoms with van der Waals surface area (Å²) in [5, 5.41) is 0. The third kappa shape index (κ3) is 3.60. The molecular weight excluding hydrogens is 244 g/mol. The second-order valence-electron chi connectivity index (χ2n) is 4.87. The van der Waals surface area contributed by atoms with Gasteiger partial charge >= 0.3 is 0 Å². The molecule has 1 aromatic carbocycles. The molecule has 1 fully saturated rings. The summed E-state index contributed by atoms with van der Waals surface area (Å²) in [4.78, 5) is 1.22. The molecule has 1 heterocycles. The van der Waals surface area contributed by atoms with Gasteiger partial charge in [0.15, 0.2) is 9.04 Å². The van der Waals surface area contributed by atoms with Gasteiger partial charge in [-0.05, 0) is 36.1 Å². The van der Waals surface area contributed by atoms with Crippen LogP contribution in [-0.2, 0) is 16.9 Å². The fourth-order valence-electron chi connectivity index (χ4n) is 2.49. The fraction of sp³-hybridized carbons (Fsp3) is 0.571.